The lowest BCUT2D eigenvalue weighted by Gasteiger charge is -2.39. The van der Waals surface area contributed by atoms with Crippen molar-refractivity contribution in [1.82, 2.24) is 5.32 Å². The van der Waals surface area contributed by atoms with E-state index in [1.807, 2.05) is 12.1 Å². The van der Waals surface area contributed by atoms with Gasteiger partial charge in [-0.05, 0) is 18.6 Å². The average molecular weight is 246 g/mol. The zero-order valence-electron chi connectivity index (χ0n) is 8.52. The third kappa shape index (κ3) is 2.45. The Bertz CT molecular complexity index is 364. The Hall–Kier alpha value is -0.280. The van der Waals surface area contributed by atoms with Gasteiger partial charge in [0.15, 0.2) is 0 Å². The van der Waals surface area contributed by atoms with Crippen molar-refractivity contribution < 1.29 is 4.74 Å². The molecule has 1 heterocycles. The second-order valence-corrected chi connectivity index (χ2v) is 4.84. The summed E-state index contributed by atoms with van der Waals surface area (Å²) in [4.78, 5) is 0. The minimum absolute atomic E-state index is 0.0500. The zero-order valence-corrected chi connectivity index (χ0v) is 10.0. The summed E-state index contributed by atoms with van der Waals surface area (Å²) in [6.07, 6.45) is 0. The normalized spacial score (nSPS) is 18.6. The molecule has 1 aliphatic rings. The summed E-state index contributed by atoms with van der Waals surface area (Å²) in [6, 6.07) is 5.60. The molecular formula is C11H13Cl2NO. The molecule has 0 spiro atoms. The van der Waals surface area contributed by atoms with Crippen LogP contribution in [0.2, 0.25) is 10.0 Å². The molecule has 0 saturated carbocycles. The first-order chi connectivity index (χ1) is 7.11. The van der Waals surface area contributed by atoms with Gasteiger partial charge < -0.3 is 10.1 Å². The van der Waals surface area contributed by atoms with Gasteiger partial charge >= 0.3 is 0 Å². The number of hydrogen-bond acceptors (Lipinski definition) is 2. The number of ether oxygens (including phenoxy) is 1. The Kier molecular flexibility index (Phi) is 3.21. The highest BCUT2D eigenvalue weighted by molar-refractivity contribution is 6.42. The van der Waals surface area contributed by atoms with Crippen LogP contribution in [0.15, 0.2) is 18.2 Å². The molecule has 2 rings (SSSR count). The smallest absolute Gasteiger partial charge is 0.0906 e. The maximum absolute atomic E-state index is 6.06. The minimum Gasteiger partial charge on any atom is -0.368 e. The number of nitrogens with one attached hydrogen (secondary N) is 1. The van der Waals surface area contributed by atoms with Gasteiger partial charge in [0.05, 0.1) is 22.3 Å². The van der Waals surface area contributed by atoms with Gasteiger partial charge in [0.2, 0.25) is 0 Å². The Morgan fingerprint density at radius 1 is 1.40 bits per heavy atom. The summed E-state index contributed by atoms with van der Waals surface area (Å²) in [7, 11) is 0. The van der Waals surface area contributed by atoms with Crippen LogP contribution in [-0.2, 0) is 11.3 Å². The molecule has 0 radical (unpaired) electrons. The molecular weight excluding hydrogens is 233 g/mol. The maximum Gasteiger partial charge on any atom is 0.0906 e. The first-order valence-electron chi connectivity index (χ1n) is 4.88. The summed E-state index contributed by atoms with van der Waals surface area (Å²) >= 11 is 12.0. The van der Waals surface area contributed by atoms with Gasteiger partial charge in [-0.15, -0.1) is 0 Å². The van der Waals surface area contributed by atoms with Crippen LogP contribution in [0.4, 0.5) is 0 Å². The Morgan fingerprint density at radius 3 is 2.73 bits per heavy atom. The van der Waals surface area contributed by atoms with Crippen LogP contribution in [0.5, 0.6) is 0 Å². The lowest BCUT2D eigenvalue weighted by molar-refractivity contribution is -0.0767. The average Bonchev–Trinajstić information content (AvgIpc) is 2.17. The summed E-state index contributed by atoms with van der Waals surface area (Å²) in [5.74, 6) is 0. The number of halogens is 2. The fraction of sp³-hybridized carbons (Fsp3) is 0.455. The standard InChI is InChI=1S/C11H13Cl2NO/c1-11(6-14-7-11)15-5-8-3-2-4-9(12)10(8)13/h2-4,14H,5-7H2,1H3. The summed E-state index contributed by atoms with van der Waals surface area (Å²) < 4.78 is 5.78. The molecule has 0 atom stereocenters. The van der Waals surface area contributed by atoms with Crippen LogP contribution in [0.3, 0.4) is 0 Å². The SMILES string of the molecule is CC1(OCc2cccc(Cl)c2Cl)CNC1. The number of benzene rings is 1. The van der Waals surface area contributed by atoms with Gasteiger partial charge in [-0.1, -0.05) is 35.3 Å². The van der Waals surface area contributed by atoms with Crippen molar-refractivity contribution in [2.24, 2.45) is 0 Å². The second kappa shape index (κ2) is 4.30. The lowest BCUT2D eigenvalue weighted by Crippen LogP contribution is -2.58. The van der Waals surface area contributed by atoms with Gasteiger partial charge in [0, 0.05) is 13.1 Å². The van der Waals surface area contributed by atoms with E-state index in [4.69, 9.17) is 27.9 Å². The van der Waals surface area contributed by atoms with Crippen LogP contribution in [-0.4, -0.2) is 18.7 Å². The monoisotopic (exact) mass is 245 g/mol. The molecule has 15 heavy (non-hydrogen) atoms. The van der Waals surface area contributed by atoms with Gasteiger partial charge in [-0.2, -0.15) is 0 Å². The van der Waals surface area contributed by atoms with Crippen molar-refractivity contribution in [1.29, 1.82) is 0 Å². The van der Waals surface area contributed by atoms with Gasteiger partial charge in [0.1, 0.15) is 0 Å². The molecule has 82 valence electrons. The molecule has 0 aromatic heterocycles. The van der Waals surface area contributed by atoms with Crippen LogP contribution in [0, 0.1) is 0 Å². The summed E-state index contributed by atoms with van der Waals surface area (Å²) in [5, 5.41) is 4.35. The second-order valence-electron chi connectivity index (χ2n) is 4.06. The fourth-order valence-electron chi connectivity index (χ4n) is 1.49. The molecule has 1 aliphatic heterocycles. The van der Waals surface area contributed by atoms with E-state index in [1.165, 1.54) is 0 Å². The predicted octanol–water partition coefficient (Wildman–Crippen LogP) is 2.87. The molecule has 0 aliphatic carbocycles. The molecule has 0 unspecified atom stereocenters. The molecule has 2 nitrogen and oxygen atoms in total. The van der Waals surface area contributed by atoms with Crippen LogP contribution < -0.4 is 5.32 Å². The largest absolute Gasteiger partial charge is 0.368 e. The topological polar surface area (TPSA) is 21.3 Å². The van der Waals surface area contributed by atoms with Crippen molar-refractivity contribution >= 4 is 23.2 Å². The van der Waals surface area contributed by atoms with Crippen molar-refractivity contribution in [2.45, 2.75) is 19.1 Å². The molecule has 1 saturated heterocycles. The third-order valence-corrected chi connectivity index (χ3v) is 3.46. The van der Waals surface area contributed by atoms with Crippen LogP contribution in [0.1, 0.15) is 12.5 Å². The van der Waals surface area contributed by atoms with Gasteiger partial charge in [-0.25, -0.2) is 0 Å². The minimum atomic E-state index is -0.0500. The fourth-order valence-corrected chi connectivity index (χ4v) is 1.87. The van der Waals surface area contributed by atoms with Crippen molar-refractivity contribution in [3.05, 3.63) is 33.8 Å². The Balaban J connectivity index is 2.01. The van der Waals surface area contributed by atoms with Crippen molar-refractivity contribution in [3.63, 3.8) is 0 Å². The van der Waals surface area contributed by atoms with Gasteiger partial charge in [-0.3, -0.25) is 0 Å². The number of rotatable bonds is 3. The highest BCUT2D eigenvalue weighted by atomic mass is 35.5. The first-order valence-corrected chi connectivity index (χ1v) is 5.64. The molecule has 1 aromatic rings. The molecule has 1 aromatic carbocycles. The van der Waals surface area contributed by atoms with E-state index in [-0.39, 0.29) is 5.60 Å². The lowest BCUT2D eigenvalue weighted by atomic mass is 10.00. The molecule has 4 heteroatoms. The van der Waals surface area contributed by atoms with E-state index in [1.54, 1.807) is 6.07 Å². The zero-order chi connectivity index (χ0) is 10.9. The number of hydrogen-bond donors (Lipinski definition) is 1. The third-order valence-electron chi connectivity index (χ3n) is 2.61. The van der Waals surface area contributed by atoms with E-state index >= 15 is 0 Å². The van der Waals surface area contributed by atoms with E-state index in [0.717, 1.165) is 18.7 Å². The highest BCUT2D eigenvalue weighted by Gasteiger charge is 2.32. The summed E-state index contributed by atoms with van der Waals surface area (Å²) in [5.41, 5.74) is 0.892. The Labute approximate surface area is 99.5 Å². The van der Waals surface area contributed by atoms with E-state index in [9.17, 15) is 0 Å². The van der Waals surface area contributed by atoms with E-state index in [2.05, 4.69) is 12.2 Å². The van der Waals surface area contributed by atoms with Crippen molar-refractivity contribution in [3.8, 4) is 0 Å². The van der Waals surface area contributed by atoms with Gasteiger partial charge in [0.25, 0.3) is 0 Å². The molecule has 1 N–H and O–H groups in total. The van der Waals surface area contributed by atoms with E-state index in [0.29, 0.717) is 16.7 Å². The van der Waals surface area contributed by atoms with Crippen LogP contribution >= 0.6 is 23.2 Å². The van der Waals surface area contributed by atoms with E-state index < -0.39 is 0 Å². The molecule has 0 bridgehead atoms. The van der Waals surface area contributed by atoms with Crippen LogP contribution in [0.25, 0.3) is 0 Å². The summed E-state index contributed by atoms with van der Waals surface area (Å²) in [6.45, 7) is 4.38. The maximum atomic E-state index is 6.06. The van der Waals surface area contributed by atoms with Crippen molar-refractivity contribution in [2.75, 3.05) is 13.1 Å². The molecule has 1 fully saturated rings. The quantitative estimate of drug-likeness (QED) is 0.885. The Morgan fingerprint density at radius 2 is 2.13 bits per heavy atom. The first kappa shape index (κ1) is 11.2. The predicted molar refractivity (Wildman–Crippen MR) is 62.5 cm³/mol. The molecule has 0 amide bonds. The highest BCUT2D eigenvalue weighted by Crippen LogP contribution is 2.27.